The molecule has 2 saturated heterocycles. The van der Waals surface area contributed by atoms with Gasteiger partial charge in [-0.3, -0.25) is 4.79 Å². The van der Waals surface area contributed by atoms with Crippen LogP contribution in [0.3, 0.4) is 0 Å². The van der Waals surface area contributed by atoms with Crippen molar-refractivity contribution < 1.29 is 13.2 Å². The number of amides is 1. The Kier molecular flexibility index (Phi) is 5.61. The lowest BCUT2D eigenvalue weighted by atomic mass is 10.2. The quantitative estimate of drug-likeness (QED) is 0.762. The van der Waals surface area contributed by atoms with Crippen molar-refractivity contribution in [3.63, 3.8) is 0 Å². The van der Waals surface area contributed by atoms with Crippen molar-refractivity contribution in [2.45, 2.75) is 19.4 Å². The zero-order valence-corrected chi connectivity index (χ0v) is 15.4. The molecule has 8 heteroatoms. The van der Waals surface area contributed by atoms with E-state index in [0.29, 0.717) is 32.7 Å². The Balaban J connectivity index is 1.53. The summed E-state index contributed by atoms with van der Waals surface area (Å²) in [7, 11) is -3.56. The molecule has 1 aromatic carbocycles. The van der Waals surface area contributed by atoms with Gasteiger partial charge in [0.25, 0.3) is 0 Å². The minimum Gasteiger partial charge on any atom is -0.369 e. The normalized spacial score (nSPS) is 22.1. The van der Waals surface area contributed by atoms with Crippen LogP contribution < -0.4 is 15.5 Å². The summed E-state index contributed by atoms with van der Waals surface area (Å²) in [6.07, 6.45) is 0.848. The third-order valence-electron chi connectivity index (χ3n) is 4.74. The van der Waals surface area contributed by atoms with Crippen molar-refractivity contribution in [1.29, 1.82) is 0 Å². The number of nitrogens with one attached hydrogen (secondary N) is 2. The highest BCUT2D eigenvalue weighted by Gasteiger charge is 2.30. The van der Waals surface area contributed by atoms with Crippen LogP contribution in [0, 0.1) is 6.92 Å². The van der Waals surface area contributed by atoms with Crippen LogP contribution in [-0.2, 0) is 14.8 Å². The number of piperazine rings is 1. The number of aryl methyl sites for hydroxylation is 1. The van der Waals surface area contributed by atoms with Gasteiger partial charge in [-0.2, -0.15) is 4.31 Å². The molecule has 3 rings (SSSR count). The van der Waals surface area contributed by atoms with Gasteiger partial charge < -0.3 is 15.5 Å². The molecule has 1 aromatic rings. The summed E-state index contributed by atoms with van der Waals surface area (Å²) >= 11 is 0. The van der Waals surface area contributed by atoms with E-state index in [1.807, 2.05) is 25.1 Å². The van der Waals surface area contributed by atoms with Gasteiger partial charge in [-0.15, -0.1) is 0 Å². The number of benzene rings is 1. The van der Waals surface area contributed by atoms with Crippen molar-refractivity contribution in [3.8, 4) is 0 Å². The van der Waals surface area contributed by atoms with E-state index in [2.05, 4.69) is 21.6 Å². The monoisotopic (exact) mass is 366 g/mol. The molecule has 0 spiro atoms. The highest BCUT2D eigenvalue weighted by molar-refractivity contribution is 7.89. The number of rotatable bonds is 5. The number of hydrogen-bond donors (Lipinski definition) is 2. The zero-order chi connectivity index (χ0) is 17.9. The minimum atomic E-state index is -3.56. The molecule has 0 aromatic heterocycles. The Morgan fingerprint density at radius 3 is 2.68 bits per heavy atom. The molecular weight excluding hydrogens is 340 g/mol. The topological polar surface area (TPSA) is 81.8 Å². The summed E-state index contributed by atoms with van der Waals surface area (Å²) in [5, 5.41) is 5.95. The maximum Gasteiger partial charge on any atom is 0.236 e. The van der Waals surface area contributed by atoms with E-state index in [-0.39, 0.29) is 6.04 Å². The lowest BCUT2D eigenvalue weighted by Crippen LogP contribution is -2.51. The summed E-state index contributed by atoms with van der Waals surface area (Å²) in [5.41, 5.74) is 2.30. The smallest absolute Gasteiger partial charge is 0.236 e. The molecule has 1 amide bonds. The molecule has 0 radical (unpaired) electrons. The van der Waals surface area contributed by atoms with Crippen molar-refractivity contribution >= 4 is 21.6 Å². The van der Waals surface area contributed by atoms with Gasteiger partial charge in [-0.25, -0.2) is 8.42 Å². The summed E-state index contributed by atoms with van der Waals surface area (Å²) in [5.74, 6) is -0.872. The first-order valence-corrected chi connectivity index (χ1v) is 10.3. The van der Waals surface area contributed by atoms with Gasteiger partial charge in [0.05, 0.1) is 0 Å². The number of hydrogen-bond acceptors (Lipinski definition) is 5. The van der Waals surface area contributed by atoms with Crippen LogP contribution in [0.5, 0.6) is 0 Å². The second kappa shape index (κ2) is 7.72. The van der Waals surface area contributed by atoms with Gasteiger partial charge in [0.1, 0.15) is 5.75 Å². The molecule has 1 unspecified atom stereocenters. The van der Waals surface area contributed by atoms with Crippen molar-refractivity contribution in [2.75, 3.05) is 49.9 Å². The summed E-state index contributed by atoms with van der Waals surface area (Å²) in [6, 6.07) is 8.24. The third kappa shape index (κ3) is 4.71. The number of anilines is 1. The second-order valence-corrected chi connectivity index (χ2v) is 8.71. The Hall–Kier alpha value is -1.64. The molecule has 2 fully saturated rings. The summed E-state index contributed by atoms with van der Waals surface area (Å²) in [6.45, 7) is 5.71. The lowest BCUT2D eigenvalue weighted by Gasteiger charge is -2.35. The van der Waals surface area contributed by atoms with Crippen LogP contribution in [-0.4, -0.2) is 69.7 Å². The van der Waals surface area contributed by atoms with E-state index >= 15 is 0 Å². The zero-order valence-electron chi connectivity index (χ0n) is 14.6. The number of sulfonamides is 1. The molecule has 2 N–H and O–H groups in total. The highest BCUT2D eigenvalue weighted by atomic mass is 32.2. The van der Waals surface area contributed by atoms with Gasteiger partial charge in [0.2, 0.25) is 15.9 Å². The highest BCUT2D eigenvalue weighted by Crippen LogP contribution is 2.19. The van der Waals surface area contributed by atoms with Crippen LogP contribution in [0.1, 0.15) is 12.0 Å². The molecule has 1 atom stereocenters. The van der Waals surface area contributed by atoms with Crippen molar-refractivity contribution in [2.24, 2.45) is 0 Å². The first kappa shape index (κ1) is 18.2. The van der Waals surface area contributed by atoms with E-state index in [0.717, 1.165) is 18.7 Å². The van der Waals surface area contributed by atoms with Crippen molar-refractivity contribution in [1.82, 2.24) is 14.9 Å². The number of carbonyl (C=O) groups is 1. The summed E-state index contributed by atoms with van der Waals surface area (Å²) < 4.78 is 26.4. The van der Waals surface area contributed by atoms with Crippen LogP contribution in [0.4, 0.5) is 5.69 Å². The molecular formula is C17H26N4O3S. The molecule has 138 valence electrons. The Morgan fingerprint density at radius 2 is 2.04 bits per heavy atom. The molecule has 2 aliphatic heterocycles. The van der Waals surface area contributed by atoms with E-state index in [1.165, 1.54) is 9.87 Å². The Labute approximate surface area is 149 Å². The lowest BCUT2D eigenvalue weighted by molar-refractivity contribution is -0.119. The number of carbonyl (C=O) groups excluding carboxylic acids is 1. The molecule has 2 heterocycles. The molecule has 0 bridgehead atoms. The molecule has 0 saturated carbocycles. The number of nitrogens with zero attached hydrogens (tertiary/aromatic N) is 2. The Bertz CT molecular complexity index is 708. The van der Waals surface area contributed by atoms with Gasteiger partial charge in [-0.1, -0.05) is 12.1 Å². The molecule has 0 aliphatic carbocycles. The van der Waals surface area contributed by atoms with E-state index in [9.17, 15) is 13.2 Å². The first-order valence-electron chi connectivity index (χ1n) is 8.73. The predicted octanol–water partition coefficient (Wildman–Crippen LogP) is -0.0751. The van der Waals surface area contributed by atoms with Crippen LogP contribution in [0.2, 0.25) is 0 Å². The standard InChI is InChI=1S/C17H26N4O3S/c1-14-3-2-4-16(11-14)20-7-9-21(10-8-20)25(23,24)13-17(22)19-15-5-6-18-12-15/h2-4,11,15,18H,5-10,12-13H2,1H3,(H,19,22). The second-order valence-electron chi connectivity index (χ2n) is 6.74. The fourth-order valence-corrected chi connectivity index (χ4v) is 4.67. The Morgan fingerprint density at radius 1 is 1.28 bits per heavy atom. The van der Waals surface area contributed by atoms with E-state index in [1.54, 1.807) is 0 Å². The fraction of sp³-hybridized carbons (Fsp3) is 0.588. The largest absolute Gasteiger partial charge is 0.369 e. The molecule has 2 aliphatic rings. The predicted molar refractivity (Wildman–Crippen MR) is 98.2 cm³/mol. The average molecular weight is 366 g/mol. The first-order chi connectivity index (χ1) is 11.9. The van der Waals surface area contributed by atoms with Crippen LogP contribution in [0.15, 0.2) is 24.3 Å². The van der Waals surface area contributed by atoms with Crippen molar-refractivity contribution in [3.05, 3.63) is 29.8 Å². The summed E-state index contributed by atoms with van der Waals surface area (Å²) in [4.78, 5) is 14.2. The SMILES string of the molecule is Cc1cccc(N2CCN(S(=O)(=O)CC(=O)NC3CCNC3)CC2)c1. The molecule has 25 heavy (non-hydrogen) atoms. The van der Waals surface area contributed by atoms with E-state index in [4.69, 9.17) is 0 Å². The third-order valence-corrected chi connectivity index (χ3v) is 6.52. The maximum atomic E-state index is 12.5. The maximum absolute atomic E-state index is 12.5. The van der Waals surface area contributed by atoms with Gasteiger partial charge in [0.15, 0.2) is 0 Å². The van der Waals surface area contributed by atoms with Crippen LogP contribution >= 0.6 is 0 Å². The average Bonchev–Trinajstić information content (AvgIpc) is 3.07. The fourth-order valence-electron chi connectivity index (χ4n) is 3.35. The van der Waals surface area contributed by atoms with Gasteiger partial charge >= 0.3 is 0 Å². The van der Waals surface area contributed by atoms with E-state index < -0.39 is 21.7 Å². The molecule has 7 nitrogen and oxygen atoms in total. The van der Waals surface area contributed by atoms with Gasteiger partial charge in [0, 0.05) is 44.5 Å². The van der Waals surface area contributed by atoms with Gasteiger partial charge in [-0.05, 0) is 37.6 Å². The minimum absolute atomic E-state index is 0.0425. The van der Waals surface area contributed by atoms with Crippen LogP contribution in [0.25, 0.3) is 0 Å².